The number of methoxy groups -OCH3 is 1. The Morgan fingerprint density at radius 3 is 2.89 bits per heavy atom. The number of anilines is 1. The Labute approximate surface area is 112 Å². The highest BCUT2D eigenvalue weighted by atomic mass is 16.5. The molecular formula is C15H15N3O. The van der Waals surface area contributed by atoms with Crippen LogP contribution >= 0.6 is 0 Å². The van der Waals surface area contributed by atoms with Gasteiger partial charge in [-0.05, 0) is 36.2 Å². The molecule has 0 saturated heterocycles. The van der Waals surface area contributed by atoms with Crippen LogP contribution in [-0.4, -0.2) is 12.1 Å². The molecule has 1 N–H and O–H groups in total. The van der Waals surface area contributed by atoms with Gasteiger partial charge < -0.3 is 10.1 Å². The fourth-order valence-corrected chi connectivity index (χ4v) is 1.78. The van der Waals surface area contributed by atoms with Gasteiger partial charge in [0.05, 0.1) is 24.4 Å². The van der Waals surface area contributed by atoms with E-state index in [2.05, 4.69) is 23.3 Å². The van der Waals surface area contributed by atoms with Crippen LogP contribution in [0.1, 0.15) is 16.7 Å². The van der Waals surface area contributed by atoms with Crippen LogP contribution in [0.2, 0.25) is 0 Å². The molecule has 0 atom stereocenters. The number of hydrogen-bond donors (Lipinski definition) is 1. The van der Waals surface area contributed by atoms with Crippen molar-refractivity contribution in [2.45, 2.75) is 13.5 Å². The number of rotatable bonds is 4. The van der Waals surface area contributed by atoms with Crippen LogP contribution in [0, 0.1) is 18.3 Å². The Hall–Kier alpha value is -2.54. The zero-order valence-corrected chi connectivity index (χ0v) is 11.0. The highest BCUT2D eigenvalue weighted by Gasteiger charge is 2.05. The second-order valence-corrected chi connectivity index (χ2v) is 4.18. The SMILES string of the molecule is COc1cc(C#N)ccc1NCc1cnccc1C. The number of benzene rings is 1. The molecule has 1 aromatic heterocycles. The number of nitrogens with zero attached hydrogens (tertiary/aromatic N) is 2. The van der Waals surface area contributed by atoms with Crippen LogP contribution in [0.3, 0.4) is 0 Å². The molecule has 0 spiro atoms. The van der Waals surface area contributed by atoms with Crippen molar-refractivity contribution in [3.8, 4) is 11.8 Å². The monoisotopic (exact) mass is 253 g/mol. The summed E-state index contributed by atoms with van der Waals surface area (Å²) in [6, 6.07) is 9.41. The standard InChI is InChI=1S/C15H15N3O/c1-11-5-6-17-9-13(11)10-18-14-4-3-12(8-16)7-15(14)19-2/h3-7,9,18H,10H2,1-2H3. The Balaban J connectivity index is 2.16. The van der Waals surface area contributed by atoms with Crippen molar-refractivity contribution < 1.29 is 4.74 Å². The average molecular weight is 253 g/mol. The fraction of sp³-hybridized carbons (Fsp3) is 0.200. The van der Waals surface area contributed by atoms with E-state index in [9.17, 15) is 0 Å². The van der Waals surface area contributed by atoms with Crippen LogP contribution in [0.4, 0.5) is 5.69 Å². The zero-order chi connectivity index (χ0) is 13.7. The quantitative estimate of drug-likeness (QED) is 0.910. The zero-order valence-electron chi connectivity index (χ0n) is 11.0. The van der Waals surface area contributed by atoms with Gasteiger partial charge in [0.1, 0.15) is 5.75 Å². The Morgan fingerprint density at radius 1 is 1.37 bits per heavy atom. The Kier molecular flexibility index (Phi) is 3.99. The second kappa shape index (κ2) is 5.87. The summed E-state index contributed by atoms with van der Waals surface area (Å²) in [7, 11) is 1.59. The van der Waals surface area contributed by atoms with E-state index < -0.39 is 0 Å². The molecule has 0 amide bonds. The van der Waals surface area contributed by atoms with Crippen LogP contribution in [-0.2, 0) is 6.54 Å². The van der Waals surface area contributed by atoms with E-state index in [0.717, 1.165) is 11.3 Å². The lowest BCUT2D eigenvalue weighted by atomic mass is 10.1. The van der Waals surface area contributed by atoms with Gasteiger partial charge in [0, 0.05) is 25.0 Å². The van der Waals surface area contributed by atoms with Gasteiger partial charge in [-0.1, -0.05) is 0 Å². The van der Waals surface area contributed by atoms with Crippen LogP contribution in [0.25, 0.3) is 0 Å². The highest BCUT2D eigenvalue weighted by molar-refractivity contribution is 5.59. The predicted octanol–water partition coefficient (Wildman–Crippen LogP) is 2.88. The summed E-state index contributed by atoms with van der Waals surface area (Å²) in [5, 5.41) is 12.2. The summed E-state index contributed by atoms with van der Waals surface area (Å²) in [6.45, 7) is 2.72. The molecule has 1 aromatic carbocycles. The first-order chi connectivity index (χ1) is 9.24. The third-order valence-electron chi connectivity index (χ3n) is 2.95. The van der Waals surface area contributed by atoms with E-state index in [-0.39, 0.29) is 0 Å². The third kappa shape index (κ3) is 3.02. The first-order valence-electron chi connectivity index (χ1n) is 5.96. The molecule has 0 unspecified atom stereocenters. The smallest absolute Gasteiger partial charge is 0.143 e. The van der Waals surface area contributed by atoms with Gasteiger partial charge in [0.2, 0.25) is 0 Å². The van der Waals surface area contributed by atoms with Gasteiger partial charge in [0.25, 0.3) is 0 Å². The number of hydrogen-bond acceptors (Lipinski definition) is 4. The molecule has 0 fully saturated rings. The Morgan fingerprint density at radius 2 is 2.21 bits per heavy atom. The molecule has 2 rings (SSSR count). The van der Waals surface area contributed by atoms with E-state index in [4.69, 9.17) is 10.00 Å². The summed E-state index contributed by atoms with van der Waals surface area (Å²) in [5.41, 5.74) is 3.77. The number of ether oxygens (including phenoxy) is 1. The molecule has 2 aromatic rings. The number of nitriles is 1. The summed E-state index contributed by atoms with van der Waals surface area (Å²) in [4.78, 5) is 4.11. The minimum absolute atomic E-state index is 0.583. The molecule has 0 saturated carbocycles. The van der Waals surface area contributed by atoms with Crippen molar-refractivity contribution in [2.75, 3.05) is 12.4 Å². The van der Waals surface area contributed by atoms with Gasteiger partial charge in [-0.3, -0.25) is 4.98 Å². The van der Waals surface area contributed by atoms with E-state index >= 15 is 0 Å². The molecule has 96 valence electrons. The largest absolute Gasteiger partial charge is 0.495 e. The predicted molar refractivity (Wildman–Crippen MR) is 74.0 cm³/mol. The molecule has 4 heteroatoms. The molecule has 0 aliphatic heterocycles. The van der Waals surface area contributed by atoms with Gasteiger partial charge in [-0.15, -0.1) is 0 Å². The van der Waals surface area contributed by atoms with E-state index in [1.54, 1.807) is 25.4 Å². The molecular weight excluding hydrogens is 238 g/mol. The van der Waals surface area contributed by atoms with Gasteiger partial charge in [-0.25, -0.2) is 0 Å². The summed E-state index contributed by atoms with van der Waals surface area (Å²) in [6.07, 6.45) is 3.62. The van der Waals surface area contributed by atoms with Crippen LogP contribution in [0.5, 0.6) is 5.75 Å². The van der Waals surface area contributed by atoms with Crippen LogP contribution in [0.15, 0.2) is 36.7 Å². The first-order valence-corrected chi connectivity index (χ1v) is 5.96. The molecule has 19 heavy (non-hydrogen) atoms. The van der Waals surface area contributed by atoms with Crippen molar-refractivity contribution in [1.82, 2.24) is 4.98 Å². The minimum atomic E-state index is 0.583. The van der Waals surface area contributed by atoms with Crippen molar-refractivity contribution in [1.29, 1.82) is 5.26 Å². The highest BCUT2D eigenvalue weighted by Crippen LogP contribution is 2.26. The minimum Gasteiger partial charge on any atom is -0.495 e. The Bertz CT molecular complexity index is 617. The molecule has 0 radical (unpaired) electrons. The summed E-state index contributed by atoms with van der Waals surface area (Å²) >= 11 is 0. The van der Waals surface area contributed by atoms with E-state index in [0.29, 0.717) is 17.9 Å². The lowest BCUT2D eigenvalue weighted by Crippen LogP contribution is -2.03. The van der Waals surface area contributed by atoms with Crippen molar-refractivity contribution >= 4 is 5.69 Å². The number of nitrogens with one attached hydrogen (secondary N) is 1. The van der Waals surface area contributed by atoms with Crippen molar-refractivity contribution in [2.24, 2.45) is 0 Å². The second-order valence-electron chi connectivity index (χ2n) is 4.18. The normalized spacial score (nSPS) is 9.74. The number of aryl methyl sites for hydroxylation is 1. The summed E-state index contributed by atoms with van der Waals surface area (Å²) in [5.74, 6) is 0.667. The maximum absolute atomic E-state index is 8.86. The maximum atomic E-state index is 8.86. The molecule has 0 bridgehead atoms. The number of aromatic nitrogens is 1. The average Bonchev–Trinajstić information content (AvgIpc) is 2.46. The van der Waals surface area contributed by atoms with Crippen molar-refractivity contribution in [3.63, 3.8) is 0 Å². The van der Waals surface area contributed by atoms with Crippen molar-refractivity contribution in [3.05, 3.63) is 53.3 Å². The lowest BCUT2D eigenvalue weighted by molar-refractivity contribution is 0.416. The van der Waals surface area contributed by atoms with Gasteiger partial charge in [0.15, 0.2) is 0 Å². The van der Waals surface area contributed by atoms with Gasteiger partial charge >= 0.3 is 0 Å². The number of pyridine rings is 1. The molecule has 0 aliphatic carbocycles. The molecule has 1 heterocycles. The molecule has 4 nitrogen and oxygen atoms in total. The molecule has 0 aliphatic rings. The van der Waals surface area contributed by atoms with E-state index in [1.807, 2.05) is 18.3 Å². The summed E-state index contributed by atoms with van der Waals surface area (Å²) < 4.78 is 5.28. The van der Waals surface area contributed by atoms with Crippen LogP contribution < -0.4 is 10.1 Å². The first kappa shape index (κ1) is 12.9. The maximum Gasteiger partial charge on any atom is 0.143 e. The van der Waals surface area contributed by atoms with Gasteiger partial charge in [-0.2, -0.15) is 5.26 Å². The fourth-order valence-electron chi connectivity index (χ4n) is 1.78. The topological polar surface area (TPSA) is 57.9 Å². The third-order valence-corrected chi connectivity index (χ3v) is 2.95. The lowest BCUT2D eigenvalue weighted by Gasteiger charge is -2.12. The van der Waals surface area contributed by atoms with E-state index in [1.165, 1.54) is 5.56 Å².